The molecule has 1 amide bonds. The average molecular weight is 188 g/mol. The number of nitrogens with zero attached hydrogens (tertiary/aromatic N) is 1. The largest absolute Gasteiger partial charge is 0.380 e. The van der Waals surface area contributed by atoms with Crippen LogP contribution in [0.15, 0.2) is 5.16 Å². The van der Waals surface area contributed by atoms with Crippen LogP contribution in [0, 0.1) is 0 Å². The summed E-state index contributed by atoms with van der Waals surface area (Å²) in [7, 11) is 1.62. The van der Waals surface area contributed by atoms with Crippen molar-refractivity contribution in [2.45, 2.75) is 13.8 Å². The van der Waals surface area contributed by atoms with Gasteiger partial charge in [0.05, 0.1) is 12.3 Å². The summed E-state index contributed by atoms with van der Waals surface area (Å²) in [6, 6.07) is 0. The predicted octanol–water partition coefficient (Wildman–Crippen LogP) is -0.803. The minimum Gasteiger partial charge on any atom is -0.380 e. The summed E-state index contributed by atoms with van der Waals surface area (Å²) >= 11 is 0. The topological polar surface area (TPSA) is 74.8 Å². The van der Waals surface area contributed by atoms with E-state index in [-0.39, 0.29) is 19.2 Å². The molecule has 0 aliphatic heterocycles. The fourth-order valence-electron chi connectivity index (χ4n) is 0.555. The van der Waals surface area contributed by atoms with E-state index in [0.717, 1.165) is 5.71 Å². The lowest BCUT2D eigenvalue weighted by molar-refractivity contribution is -0.121. The molecule has 0 saturated heterocycles. The third-order valence-corrected chi connectivity index (χ3v) is 0.964. The number of amides is 1. The number of hydrazine groups is 1. The van der Waals surface area contributed by atoms with Gasteiger partial charge in [-0.25, -0.2) is 5.43 Å². The van der Waals surface area contributed by atoms with Crippen molar-refractivity contribution in [2.24, 2.45) is 5.16 Å². The van der Waals surface area contributed by atoms with E-state index in [0.29, 0.717) is 0 Å². The normalized spacial score (nSPS) is 9.15. The first-order valence-corrected chi connectivity index (χ1v) is 3.96. The molecule has 0 aromatic heterocycles. The lowest BCUT2D eigenvalue weighted by Crippen LogP contribution is -2.40. The van der Waals surface area contributed by atoms with Crippen LogP contribution in [0.5, 0.6) is 0 Å². The first kappa shape index (κ1) is 11.9. The molecule has 0 aromatic rings. The number of nitrogens with one attached hydrogen (secondary N) is 3. The van der Waals surface area contributed by atoms with Crippen LogP contribution in [0.1, 0.15) is 13.8 Å². The van der Waals surface area contributed by atoms with Gasteiger partial charge in [-0.3, -0.25) is 15.5 Å². The highest BCUT2D eigenvalue weighted by Crippen LogP contribution is 1.76. The lowest BCUT2D eigenvalue weighted by atomic mass is 10.5. The van der Waals surface area contributed by atoms with Gasteiger partial charge in [-0.05, 0) is 13.8 Å². The smallest absolute Gasteiger partial charge is 0.248 e. The van der Waals surface area contributed by atoms with E-state index in [1.807, 2.05) is 13.8 Å². The Morgan fingerprint density at radius 1 is 1.46 bits per heavy atom. The molecule has 0 heterocycles. The number of rotatable bonds is 6. The standard InChI is InChI=1S/C7H16N4O2/c1-6(2)11-13-5-9-4-7(12)10-8-3/h8-9H,4-5H2,1-3H3,(H,10,12). The van der Waals surface area contributed by atoms with Gasteiger partial charge in [0.2, 0.25) is 5.91 Å². The quantitative estimate of drug-likeness (QED) is 0.221. The van der Waals surface area contributed by atoms with Gasteiger partial charge < -0.3 is 4.84 Å². The molecule has 13 heavy (non-hydrogen) atoms. The second kappa shape index (κ2) is 7.51. The maximum absolute atomic E-state index is 10.8. The molecule has 6 heteroatoms. The Morgan fingerprint density at radius 3 is 2.69 bits per heavy atom. The highest BCUT2D eigenvalue weighted by molar-refractivity contribution is 5.78. The zero-order valence-corrected chi connectivity index (χ0v) is 8.18. The van der Waals surface area contributed by atoms with Gasteiger partial charge in [-0.1, -0.05) is 5.16 Å². The van der Waals surface area contributed by atoms with Crippen LogP contribution in [-0.2, 0) is 9.63 Å². The highest BCUT2D eigenvalue weighted by Gasteiger charge is 1.96. The number of carbonyl (C=O) groups excluding carboxylic acids is 1. The summed E-state index contributed by atoms with van der Waals surface area (Å²) < 4.78 is 0. The molecule has 0 rings (SSSR count). The first-order valence-electron chi connectivity index (χ1n) is 3.96. The summed E-state index contributed by atoms with van der Waals surface area (Å²) in [6.45, 7) is 4.07. The van der Waals surface area contributed by atoms with Crippen LogP contribution in [0.2, 0.25) is 0 Å². The summed E-state index contributed by atoms with van der Waals surface area (Å²) in [5.41, 5.74) is 5.76. The molecule has 0 fully saturated rings. The van der Waals surface area contributed by atoms with Crippen molar-refractivity contribution in [1.82, 2.24) is 16.2 Å². The van der Waals surface area contributed by atoms with E-state index >= 15 is 0 Å². The molecule has 0 radical (unpaired) electrons. The van der Waals surface area contributed by atoms with Crippen molar-refractivity contribution in [3.05, 3.63) is 0 Å². The Morgan fingerprint density at radius 2 is 2.15 bits per heavy atom. The van der Waals surface area contributed by atoms with E-state index in [4.69, 9.17) is 4.84 Å². The summed E-state index contributed by atoms with van der Waals surface area (Å²) in [6.07, 6.45) is 0. The van der Waals surface area contributed by atoms with Crippen molar-refractivity contribution in [3.8, 4) is 0 Å². The van der Waals surface area contributed by atoms with Gasteiger partial charge in [-0.2, -0.15) is 0 Å². The Bertz CT molecular complexity index is 177. The van der Waals surface area contributed by atoms with Crippen LogP contribution < -0.4 is 16.2 Å². The lowest BCUT2D eigenvalue weighted by Gasteiger charge is -2.03. The van der Waals surface area contributed by atoms with Crippen molar-refractivity contribution in [3.63, 3.8) is 0 Å². The van der Waals surface area contributed by atoms with E-state index < -0.39 is 0 Å². The SMILES string of the molecule is CNNC(=O)CNCON=C(C)C. The fourth-order valence-corrected chi connectivity index (χ4v) is 0.555. The fraction of sp³-hybridized carbons (Fsp3) is 0.714. The molecule has 0 aliphatic carbocycles. The van der Waals surface area contributed by atoms with Gasteiger partial charge in [0.1, 0.15) is 0 Å². The second-order valence-electron chi connectivity index (χ2n) is 2.54. The molecule has 76 valence electrons. The number of hydrogen-bond donors (Lipinski definition) is 3. The Hall–Kier alpha value is -1.14. The number of oxime groups is 1. The minimum absolute atomic E-state index is 0.150. The van der Waals surface area contributed by atoms with Gasteiger partial charge >= 0.3 is 0 Å². The maximum atomic E-state index is 10.8. The van der Waals surface area contributed by atoms with Crippen LogP contribution >= 0.6 is 0 Å². The Labute approximate surface area is 77.7 Å². The molecular formula is C7H16N4O2. The van der Waals surface area contributed by atoms with Crippen LogP contribution in [0.4, 0.5) is 0 Å². The van der Waals surface area contributed by atoms with Crippen LogP contribution in [0.25, 0.3) is 0 Å². The zero-order chi connectivity index (χ0) is 10.1. The molecule has 0 unspecified atom stereocenters. The van der Waals surface area contributed by atoms with Crippen molar-refractivity contribution in [2.75, 3.05) is 20.3 Å². The Balaban J connectivity index is 3.26. The maximum Gasteiger partial charge on any atom is 0.248 e. The van der Waals surface area contributed by atoms with Crippen molar-refractivity contribution >= 4 is 11.6 Å². The van der Waals surface area contributed by atoms with E-state index in [1.54, 1.807) is 7.05 Å². The van der Waals surface area contributed by atoms with E-state index in [1.165, 1.54) is 0 Å². The predicted molar refractivity (Wildman–Crippen MR) is 49.9 cm³/mol. The van der Waals surface area contributed by atoms with Gasteiger partial charge in [0.25, 0.3) is 0 Å². The van der Waals surface area contributed by atoms with E-state index in [9.17, 15) is 4.79 Å². The summed E-state index contributed by atoms with van der Waals surface area (Å²) in [5, 5.41) is 6.42. The molecule has 6 nitrogen and oxygen atoms in total. The molecule has 3 N–H and O–H groups in total. The molecule has 0 aliphatic rings. The van der Waals surface area contributed by atoms with Crippen molar-refractivity contribution in [1.29, 1.82) is 0 Å². The monoisotopic (exact) mass is 188 g/mol. The number of carbonyl (C=O) groups is 1. The third-order valence-electron chi connectivity index (χ3n) is 0.964. The molecular weight excluding hydrogens is 172 g/mol. The van der Waals surface area contributed by atoms with Crippen molar-refractivity contribution < 1.29 is 9.63 Å². The molecule has 0 aromatic carbocycles. The molecule has 0 saturated carbocycles. The first-order chi connectivity index (χ1) is 6.16. The molecule has 0 spiro atoms. The minimum atomic E-state index is -0.150. The summed E-state index contributed by atoms with van der Waals surface area (Å²) in [4.78, 5) is 15.6. The van der Waals surface area contributed by atoms with Crippen LogP contribution in [-0.4, -0.2) is 31.9 Å². The highest BCUT2D eigenvalue weighted by atomic mass is 16.6. The molecule has 0 atom stereocenters. The average Bonchev–Trinajstić information content (AvgIpc) is 2.03. The molecule has 0 bridgehead atoms. The van der Waals surface area contributed by atoms with Gasteiger partial charge in [0, 0.05) is 7.05 Å². The number of hydrogen-bond acceptors (Lipinski definition) is 5. The third kappa shape index (κ3) is 8.77. The Kier molecular flexibility index (Phi) is 6.85. The van der Waals surface area contributed by atoms with Gasteiger partial charge in [-0.15, -0.1) is 0 Å². The van der Waals surface area contributed by atoms with Gasteiger partial charge in [0.15, 0.2) is 6.73 Å². The van der Waals surface area contributed by atoms with Crippen LogP contribution in [0.3, 0.4) is 0 Å². The van der Waals surface area contributed by atoms with E-state index in [2.05, 4.69) is 21.3 Å². The second-order valence-corrected chi connectivity index (χ2v) is 2.54. The zero-order valence-electron chi connectivity index (χ0n) is 8.18. The summed E-state index contributed by atoms with van der Waals surface area (Å²) in [5.74, 6) is -0.150.